The number of thioether (sulfide) groups is 1. The molecule has 3 heterocycles. The van der Waals surface area contributed by atoms with E-state index in [9.17, 15) is 4.79 Å². The summed E-state index contributed by atoms with van der Waals surface area (Å²) in [6.45, 7) is 1.18. The molecule has 8 heteroatoms. The second-order valence-electron chi connectivity index (χ2n) is 8.84. The highest BCUT2D eigenvalue weighted by Crippen LogP contribution is 2.25. The number of amides is 1. The fraction of sp³-hybridized carbons (Fsp3) is 0.233. The molecule has 0 atom stereocenters. The van der Waals surface area contributed by atoms with Crippen LogP contribution < -0.4 is 14.2 Å². The maximum atomic E-state index is 12.7. The summed E-state index contributed by atoms with van der Waals surface area (Å²) in [4.78, 5) is 23.8. The van der Waals surface area contributed by atoms with Crippen LogP contribution in [0.15, 0.2) is 102 Å². The van der Waals surface area contributed by atoms with Crippen LogP contribution in [0.2, 0.25) is 0 Å². The lowest BCUT2D eigenvalue weighted by Crippen LogP contribution is -2.43. The summed E-state index contributed by atoms with van der Waals surface area (Å²) in [6.07, 6.45) is 7.46. The van der Waals surface area contributed by atoms with Gasteiger partial charge in [0.2, 0.25) is 5.88 Å². The molecule has 1 saturated heterocycles. The molecule has 0 saturated carbocycles. The van der Waals surface area contributed by atoms with Crippen LogP contribution in [0.25, 0.3) is 0 Å². The average molecular weight is 528 g/mol. The van der Waals surface area contributed by atoms with Crippen molar-refractivity contribution in [2.24, 2.45) is 0 Å². The molecule has 0 N–H and O–H groups in total. The zero-order valence-electron chi connectivity index (χ0n) is 20.9. The van der Waals surface area contributed by atoms with E-state index in [1.54, 1.807) is 35.3 Å². The number of ether oxygens (including phenoxy) is 3. The number of piperidine rings is 1. The van der Waals surface area contributed by atoms with Gasteiger partial charge in [0.05, 0.1) is 0 Å². The summed E-state index contributed by atoms with van der Waals surface area (Å²) in [5.41, 5.74) is 1.21. The Balaban J connectivity index is 1.02. The standard InChI is InChI=1S/C30H29N3O4S/c34-30(37-26-6-4-23(5-7-26)16-22-38-28-12-18-31-19-13-28)33-20-14-27(15-21-33)35-24-8-10-25(11-9-24)36-29-3-1-2-17-32-29/h1-13,17-19,27H,14-16,20-22H2. The Labute approximate surface area is 226 Å². The first-order valence-corrected chi connectivity index (χ1v) is 13.6. The second-order valence-corrected chi connectivity index (χ2v) is 10.0. The third-order valence-corrected chi connectivity index (χ3v) is 7.14. The van der Waals surface area contributed by atoms with Crippen LogP contribution in [-0.4, -0.2) is 45.9 Å². The SMILES string of the molecule is O=C(Oc1ccc(CCSc2ccncc2)cc1)N1CCC(Oc2ccc(Oc3ccccn3)cc2)CC1. The first-order valence-electron chi connectivity index (χ1n) is 12.7. The Morgan fingerprint density at radius 2 is 1.55 bits per heavy atom. The van der Waals surface area contributed by atoms with Crippen LogP contribution in [0.1, 0.15) is 18.4 Å². The van der Waals surface area contributed by atoms with Gasteiger partial charge in [-0.15, -0.1) is 11.8 Å². The summed E-state index contributed by atoms with van der Waals surface area (Å²) in [5.74, 6) is 3.56. The van der Waals surface area contributed by atoms with Crippen molar-refractivity contribution in [2.45, 2.75) is 30.3 Å². The largest absolute Gasteiger partial charge is 0.490 e. The van der Waals surface area contributed by atoms with E-state index in [1.165, 1.54) is 10.5 Å². The highest BCUT2D eigenvalue weighted by atomic mass is 32.2. The Morgan fingerprint density at radius 3 is 2.26 bits per heavy atom. The first-order chi connectivity index (χ1) is 18.7. The predicted octanol–water partition coefficient (Wildman–Crippen LogP) is 6.65. The lowest BCUT2D eigenvalue weighted by atomic mass is 10.1. The minimum absolute atomic E-state index is 0.0471. The van der Waals surface area contributed by atoms with Crippen molar-refractivity contribution in [1.29, 1.82) is 0 Å². The number of likely N-dealkylation sites (tertiary alicyclic amines) is 1. The number of hydrogen-bond donors (Lipinski definition) is 0. The van der Waals surface area contributed by atoms with Crippen molar-refractivity contribution in [3.05, 3.63) is 103 Å². The van der Waals surface area contributed by atoms with Crippen LogP contribution in [0.4, 0.5) is 4.79 Å². The quantitative estimate of drug-likeness (QED) is 0.226. The molecule has 194 valence electrons. The summed E-state index contributed by atoms with van der Waals surface area (Å²) in [5, 5.41) is 0. The number of pyridine rings is 2. The maximum Gasteiger partial charge on any atom is 0.415 e. The summed E-state index contributed by atoms with van der Waals surface area (Å²) in [7, 11) is 0. The van der Waals surface area contributed by atoms with E-state index in [4.69, 9.17) is 14.2 Å². The van der Waals surface area contributed by atoms with Gasteiger partial charge in [-0.1, -0.05) is 18.2 Å². The van der Waals surface area contributed by atoms with Crippen molar-refractivity contribution in [3.63, 3.8) is 0 Å². The molecule has 0 unspecified atom stereocenters. The summed E-state index contributed by atoms with van der Waals surface area (Å²) in [6, 6.07) is 24.8. The van der Waals surface area contributed by atoms with E-state index < -0.39 is 0 Å². The Hall–Kier alpha value is -4.04. The smallest absolute Gasteiger partial charge is 0.415 e. The molecule has 1 fully saturated rings. The third kappa shape index (κ3) is 7.49. The van der Waals surface area contributed by atoms with E-state index in [1.807, 2.05) is 78.9 Å². The van der Waals surface area contributed by atoms with E-state index in [0.29, 0.717) is 30.5 Å². The number of nitrogens with zero attached hydrogens (tertiary/aromatic N) is 3. The number of rotatable bonds is 9. The molecular formula is C30H29N3O4S. The molecule has 5 rings (SSSR count). The number of benzene rings is 2. The van der Waals surface area contributed by atoms with Crippen molar-refractivity contribution in [2.75, 3.05) is 18.8 Å². The van der Waals surface area contributed by atoms with Crippen molar-refractivity contribution in [1.82, 2.24) is 14.9 Å². The zero-order valence-corrected chi connectivity index (χ0v) is 21.8. The predicted molar refractivity (Wildman–Crippen MR) is 147 cm³/mol. The van der Waals surface area contributed by atoms with E-state index in [-0.39, 0.29) is 12.2 Å². The van der Waals surface area contributed by atoms with Gasteiger partial charge >= 0.3 is 6.09 Å². The number of carbonyl (C=O) groups excluding carboxylic acids is 1. The van der Waals surface area contributed by atoms with Crippen LogP contribution in [0.5, 0.6) is 23.1 Å². The van der Waals surface area contributed by atoms with Crippen LogP contribution in [0.3, 0.4) is 0 Å². The Bertz CT molecular complexity index is 1280. The minimum Gasteiger partial charge on any atom is -0.490 e. The molecule has 0 aliphatic carbocycles. The lowest BCUT2D eigenvalue weighted by molar-refractivity contribution is 0.0930. The average Bonchev–Trinajstić information content (AvgIpc) is 2.96. The monoisotopic (exact) mass is 527 g/mol. The molecule has 38 heavy (non-hydrogen) atoms. The molecule has 1 amide bonds. The molecule has 2 aromatic carbocycles. The van der Waals surface area contributed by atoms with Gasteiger partial charge in [0, 0.05) is 61.2 Å². The lowest BCUT2D eigenvalue weighted by Gasteiger charge is -2.31. The topological polar surface area (TPSA) is 73.8 Å². The molecule has 0 bridgehead atoms. The molecule has 4 aromatic rings. The second kappa shape index (κ2) is 13.0. The van der Waals surface area contributed by atoms with Crippen LogP contribution >= 0.6 is 11.8 Å². The maximum absolute atomic E-state index is 12.7. The van der Waals surface area contributed by atoms with Gasteiger partial charge < -0.3 is 19.1 Å². The van der Waals surface area contributed by atoms with Gasteiger partial charge in [0.15, 0.2) is 0 Å². The number of hydrogen-bond acceptors (Lipinski definition) is 7. The van der Waals surface area contributed by atoms with Gasteiger partial charge in [-0.3, -0.25) is 4.98 Å². The Morgan fingerprint density at radius 1 is 0.842 bits per heavy atom. The molecule has 1 aliphatic rings. The number of carbonyl (C=O) groups is 1. The van der Waals surface area contributed by atoms with Gasteiger partial charge in [-0.2, -0.15) is 0 Å². The van der Waals surface area contributed by atoms with Crippen molar-refractivity contribution in [3.8, 4) is 23.1 Å². The minimum atomic E-state index is -0.319. The van der Waals surface area contributed by atoms with Crippen LogP contribution in [0, 0.1) is 0 Å². The third-order valence-electron chi connectivity index (χ3n) is 6.12. The molecule has 7 nitrogen and oxygen atoms in total. The number of aryl methyl sites for hydroxylation is 1. The zero-order chi connectivity index (χ0) is 26.0. The molecule has 1 aliphatic heterocycles. The van der Waals surface area contributed by atoms with E-state index in [2.05, 4.69) is 9.97 Å². The molecular weight excluding hydrogens is 498 g/mol. The summed E-state index contributed by atoms with van der Waals surface area (Å²) < 4.78 is 17.5. The van der Waals surface area contributed by atoms with Crippen molar-refractivity contribution < 1.29 is 19.0 Å². The molecule has 2 aromatic heterocycles. The van der Waals surface area contributed by atoms with Crippen LogP contribution in [-0.2, 0) is 6.42 Å². The van der Waals surface area contributed by atoms with Gasteiger partial charge in [0.25, 0.3) is 0 Å². The molecule has 0 radical (unpaired) electrons. The van der Waals surface area contributed by atoms with E-state index >= 15 is 0 Å². The fourth-order valence-corrected chi connectivity index (χ4v) is 4.96. The normalized spacial score (nSPS) is 13.6. The summed E-state index contributed by atoms with van der Waals surface area (Å²) >= 11 is 1.80. The van der Waals surface area contributed by atoms with Gasteiger partial charge in [-0.05, 0) is 66.6 Å². The van der Waals surface area contributed by atoms with E-state index in [0.717, 1.165) is 30.8 Å². The highest BCUT2D eigenvalue weighted by molar-refractivity contribution is 7.99. The van der Waals surface area contributed by atoms with Crippen molar-refractivity contribution >= 4 is 17.9 Å². The Kier molecular flexibility index (Phi) is 8.73. The number of aromatic nitrogens is 2. The molecule has 0 spiro atoms. The highest BCUT2D eigenvalue weighted by Gasteiger charge is 2.25. The van der Waals surface area contributed by atoms with Gasteiger partial charge in [-0.25, -0.2) is 9.78 Å². The fourth-order valence-electron chi connectivity index (χ4n) is 4.07. The first kappa shape index (κ1) is 25.6. The van der Waals surface area contributed by atoms with Gasteiger partial charge in [0.1, 0.15) is 23.4 Å².